The molecule has 6 aromatic rings. The molecule has 0 fully saturated rings. The summed E-state index contributed by atoms with van der Waals surface area (Å²) < 4.78 is 0. The van der Waals surface area contributed by atoms with Crippen molar-refractivity contribution < 1.29 is 5.11 Å². The molecule has 3 nitrogen and oxygen atoms in total. The predicted octanol–water partition coefficient (Wildman–Crippen LogP) is 8.72. The van der Waals surface area contributed by atoms with E-state index in [2.05, 4.69) is 66.7 Å². The lowest BCUT2D eigenvalue weighted by atomic mass is 9.94. The third-order valence-electron chi connectivity index (χ3n) is 7.09. The Morgan fingerprint density at radius 2 is 0.974 bits per heavy atom. The molecule has 0 radical (unpaired) electrons. The molecule has 2 atom stereocenters. The van der Waals surface area contributed by atoms with Gasteiger partial charge in [-0.1, -0.05) is 133 Å². The van der Waals surface area contributed by atoms with Crippen molar-refractivity contribution in [2.24, 2.45) is 9.98 Å². The van der Waals surface area contributed by atoms with Gasteiger partial charge in [0.15, 0.2) is 0 Å². The van der Waals surface area contributed by atoms with Crippen molar-refractivity contribution >= 4 is 34.0 Å². The molecule has 0 saturated heterocycles. The van der Waals surface area contributed by atoms with Gasteiger partial charge in [-0.2, -0.15) is 0 Å². The van der Waals surface area contributed by atoms with Crippen molar-refractivity contribution in [2.75, 3.05) is 0 Å². The molecule has 0 bridgehead atoms. The van der Waals surface area contributed by atoms with Crippen molar-refractivity contribution in [2.45, 2.75) is 12.1 Å². The third-order valence-corrected chi connectivity index (χ3v) is 7.09. The second-order valence-electron chi connectivity index (χ2n) is 9.56. The van der Waals surface area contributed by atoms with Gasteiger partial charge in [-0.25, -0.2) is 0 Å². The van der Waals surface area contributed by atoms with Crippen molar-refractivity contribution in [3.8, 4) is 5.75 Å². The Hall–Kier alpha value is -5.02. The van der Waals surface area contributed by atoms with Gasteiger partial charge in [0.25, 0.3) is 0 Å². The van der Waals surface area contributed by atoms with Gasteiger partial charge < -0.3 is 5.11 Å². The number of phenols is 1. The maximum absolute atomic E-state index is 10.8. The van der Waals surface area contributed by atoms with Crippen LogP contribution in [0.3, 0.4) is 0 Å². The Balaban J connectivity index is 1.48. The predicted molar refractivity (Wildman–Crippen MR) is 163 cm³/mol. The molecule has 0 heterocycles. The lowest BCUT2D eigenvalue weighted by Gasteiger charge is -2.22. The summed E-state index contributed by atoms with van der Waals surface area (Å²) in [5.41, 5.74) is 3.90. The minimum absolute atomic E-state index is 0.208. The number of fused-ring (bicyclic) bond motifs is 2. The average Bonchev–Trinajstić information content (AvgIpc) is 3.00. The summed E-state index contributed by atoms with van der Waals surface area (Å²) in [6.45, 7) is 0. The van der Waals surface area contributed by atoms with Crippen LogP contribution in [-0.4, -0.2) is 17.5 Å². The molecule has 1 N–H and O–H groups in total. The molecule has 0 amide bonds. The molecule has 0 spiro atoms. The Kier molecular flexibility index (Phi) is 6.96. The maximum Gasteiger partial charge on any atom is 0.124 e. The fourth-order valence-corrected chi connectivity index (χ4v) is 5.10. The zero-order chi connectivity index (χ0) is 26.4. The highest BCUT2D eigenvalue weighted by Gasteiger charge is 2.23. The van der Waals surface area contributed by atoms with Crippen LogP contribution in [0.4, 0.5) is 0 Å². The van der Waals surface area contributed by atoms with E-state index in [0.717, 1.165) is 32.8 Å². The minimum atomic E-state index is -0.307. The molecule has 0 saturated carbocycles. The van der Waals surface area contributed by atoms with Gasteiger partial charge in [0.05, 0.1) is 0 Å². The van der Waals surface area contributed by atoms with Crippen LogP contribution in [0, 0.1) is 0 Å². The fraction of sp³-hybridized carbons (Fsp3) is 0.0556. The van der Waals surface area contributed by atoms with Gasteiger partial charge in [-0.3, -0.25) is 9.98 Å². The van der Waals surface area contributed by atoms with Gasteiger partial charge in [0, 0.05) is 23.6 Å². The second-order valence-corrected chi connectivity index (χ2v) is 9.56. The van der Waals surface area contributed by atoms with E-state index in [1.165, 1.54) is 5.39 Å². The second kappa shape index (κ2) is 11.2. The van der Waals surface area contributed by atoms with Gasteiger partial charge in [-0.15, -0.1) is 0 Å². The van der Waals surface area contributed by atoms with Crippen molar-refractivity contribution in [3.63, 3.8) is 0 Å². The Morgan fingerprint density at radius 3 is 1.64 bits per heavy atom. The summed E-state index contributed by atoms with van der Waals surface area (Å²) in [5.74, 6) is 0.208. The Labute approximate surface area is 228 Å². The summed E-state index contributed by atoms with van der Waals surface area (Å²) in [4.78, 5) is 10.3. The van der Waals surface area contributed by atoms with Gasteiger partial charge in [0.2, 0.25) is 0 Å². The topological polar surface area (TPSA) is 45.0 Å². The largest absolute Gasteiger partial charge is 0.507 e. The monoisotopic (exact) mass is 504 g/mol. The first-order valence-corrected chi connectivity index (χ1v) is 13.1. The van der Waals surface area contributed by atoms with Gasteiger partial charge in [-0.05, 0) is 38.7 Å². The smallest absolute Gasteiger partial charge is 0.124 e. The van der Waals surface area contributed by atoms with Gasteiger partial charge >= 0.3 is 0 Å². The zero-order valence-electron chi connectivity index (χ0n) is 21.4. The van der Waals surface area contributed by atoms with E-state index in [9.17, 15) is 5.11 Å². The normalized spacial score (nSPS) is 13.3. The van der Waals surface area contributed by atoms with Crippen LogP contribution in [0.5, 0.6) is 5.75 Å². The van der Waals surface area contributed by atoms with Gasteiger partial charge in [0.1, 0.15) is 17.8 Å². The number of benzene rings is 6. The van der Waals surface area contributed by atoms with Crippen LogP contribution in [0.2, 0.25) is 0 Å². The third kappa shape index (κ3) is 5.21. The Bertz CT molecular complexity index is 1770. The molecule has 0 aliphatic carbocycles. The van der Waals surface area contributed by atoms with E-state index in [4.69, 9.17) is 9.98 Å². The van der Waals surface area contributed by atoms with Crippen LogP contribution >= 0.6 is 0 Å². The molecular formula is C36H28N2O. The van der Waals surface area contributed by atoms with E-state index < -0.39 is 0 Å². The number of aromatic hydroxyl groups is 1. The summed E-state index contributed by atoms with van der Waals surface area (Å²) in [5, 5.41) is 15.1. The van der Waals surface area contributed by atoms with E-state index in [1.54, 1.807) is 12.3 Å². The van der Waals surface area contributed by atoms with Crippen molar-refractivity contribution in [1.29, 1.82) is 0 Å². The molecule has 0 aromatic heterocycles. The van der Waals surface area contributed by atoms with Crippen molar-refractivity contribution in [3.05, 3.63) is 162 Å². The van der Waals surface area contributed by atoms with E-state index in [-0.39, 0.29) is 17.8 Å². The molecule has 39 heavy (non-hydrogen) atoms. The Morgan fingerprint density at radius 1 is 0.462 bits per heavy atom. The average molecular weight is 505 g/mol. The molecule has 6 aromatic carbocycles. The fourth-order valence-electron chi connectivity index (χ4n) is 5.10. The number of nitrogens with zero attached hydrogens (tertiary/aromatic N) is 2. The van der Waals surface area contributed by atoms with Crippen LogP contribution in [0.25, 0.3) is 21.5 Å². The molecule has 1 unspecified atom stereocenters. The summed E-state index contributed by atoms with van der Waals surface area (Å²) in [6, 6.07) is 46.3. The summed E-state index contributed by atoms with van der Waals surface area (Å²) in [6.07, 6.45) is 3.78. The SMILES string of the molecule is Oc1ccc2ccccc2c1C=N[C@@H](c1ccccc1)C(N=Cc1cccc2ccccc12)c1ccccc1. The first-order chi connectivity index (χ1) is 19.3. The van der Waals surface area contributed by atoms with E-state index in [0.29, 0.717) is 5.56 Å². The van der Waals surface area contributed by atoms with E-state index in [1.807, 2.05) is 72.9 Å². The summed E-state index contributed by atoms with van der Waals surface area (Å²) in [7, 11) is 0. The number of phenolic OH excluding ortho intramolecular Hbond substituents is 1. The quantitative estimate of drug-likeness (QED) is 0.217. The van der Waals surface area contributed by atoms with E-state index >= 15 is 0 Å². The van der Waals surface area contributed by atoms with Crippen molar-refractivity contribution in [1.82, 2.24) is 0 Å². The first-order valence-electron chi connectivity index (χ1n) is 13.1. The highest BCUT2D eigenvalue weighted by atomic mass is 16.3. The molecule has 0 aliphatic heterocycles. The zero-order valence-corrected chi connectivity index (χ0v) is 21.4. The van der Waals surface area contributed by atoms with Crippen LogP contribution in [0.1, 0.15) is 34.3 Å². The van der Waals surface area contributed by atoms with Crippen LogP contribution in [0.15, 0.2) is 150 Å². The standard InChI is InChI=1S/C36H28N2O/c39-34-23-22-27-13-8-10-21-32(27)33(34)25-38-36(29-16-5-2-6-17-29)35(28-14-3-1-4-15-28)37-24-30-19-11-18-26-12-7-9-20-31(26)30/h1-25,35-36,39H/t35?,36-/m0/s1. The molecule has 0 aliphatic rings. The lowest BCUT2D eigenvalue weighted by Crippen LogP contribution is -2.09. The molecule has 3 heteroatoms. The number of aliphatic imine (C=N–C) groups is 2. The molecule has 188 valence electrons. The number of hydrogen-bond donors (Lipinski definition) is 1. The van der Waals surface area contributed by atoms with Crippen LogP contribution < -0.4 is 0 Å². The highest BCUT2D eigenvalue weighted by molar-refractivity contribution is 6.02. The minimum Gasteiger partial charge on any atom is -0.507 e. The molecule has 6 rings (SSSR count). The highest BCUT2D eigenvalue weighted by Crippen LogP contribution is 2.36. The summed E-state index contributed by atoms with van der Waals surface area (Å²) >= 11 is 0. The maximum atomic E-state index is 10.8. The first kappa shape index (κ1) is 24.3. The van der Waals surface area contributed by atoms with Crippen LogP contribution in [-0.2, 0) is 0 Å². The number of hydrogen-bond acceptors (Lipinski definition) is 3. The number of rotatable bonds is 7. The lowest BCUT2D eigenvalue weighted by molar-refractivity contribution is 0.475. The molecular weight excluding hydrogens is 476 g/mol.